The van der Waals surface area contributed by atoms with Gasteiger partial charge in [-0.1, -0.05) is 68.1 Å². The van der Waals surface area contributed by atoms with Gasteiger partial charge < -0.3 is 5.11 Å². The molecule has 39 heavy (non-hydrogen) atoms. The molecule has 2 aromatic rings. The Balaban J connectivity index is 2.04. The second kappa shape index (κ2) is 11.3. The summed E-state index contributed by atoms with van der Waals surface area (Å²) in [5.41, 5.74) is -2.95. The molecule has 0 spiro atoms. The zero-order valence-corrected chi connectivity index (χ0v) is 25.4. The van der Waals surface area contributed by atoms with Gasteiger partial charge in [-0.25, -0.2) is 4.39 Å². The Labute approximate surface area is 248 Å². The van der Waals surface area contributed by atoms with Crippen LogP contribution < -0.4 is 0 Å². The summed E-state index contributed by atoms with van der Waals surface area (Å²) in [4.78, 5) is 14.7. The first kappa shape index (κ1) is 30.9. The molecule has 1 saturated heterocycles. The molecule has 2 aliphatic rings. The van der Waals surface area contributed by atoms with Crippen molar-refractivity contribution in [2.75, 3.05) is 6.54 Å². The molecule has 4 rings (SSSR count). The Kier molecular flexibility index (Phi) is 8.96. The van der Waals surface area contributed by atoms with Crippen LogP contribution in [0.2, 0.25) is 15.1 Å². The topological polar surface area (TPSA) is 40.5 Å². The molecule has 2 fully saturated rings. The molecule has 3 unspecified atom stereocenters. The highest BCUT2D eigenvalue weighted by molar-refractivity contribution is 9.10. The molecule has 1 saturated carbocycles. The molecule has 6 atom stereocenters. The Hall–Kier alpha value is -1.06. The van der Waals surface area contributed by atoms with Crippen LogP contribution in [-0.2, 0) is 10.2 Å². The van der Waals surface area contributed by atoms with Crippen LogP contribution >= 0.6 is 50.7 Å². The fraction of sp³-hybridized carbons (Fsp3) is 0.536. The van der Waals surface area contributed by atoms with Gasteiger partial charge in [0.05, 0.1) is 25.5 Å². The lowest BCUT2D eigenvalue weighted by atomic mass is 9.68. The SMILES string of the molecule is CC(C)[C@@H]1CC[C@H](C)C[C@H]1N1CC(c2cc(Cl)c(Cl)c(Cl)c2)(C(F)(F)F)C(C(=O)O)C1c1ccc(F)c(Br)c1. The number of hydrogen-bond donors (Lipinski definition) is 1. The van der Waals surface area contributed by atoms with E-state index in [0.29, 0.717) is 6.42 Å². The Morgan fingerprint density at radius 1 is 1.13 bits per heavy atom. The van der Waals surface area contributed by atoms with Crippen molar-refractivity contribution >= 4 is 56.7 Å². The van der Waals surface area contributed by atoms with E-state index in [1.807, 2.05) is 13.8 Å². The second-order valence-electron chi connectivity index (χ2n) is 11.2. The van der Waals surface area contributed by atoms with Gasteiger partial charge in [0.2, 0.25) is 0 Å². The fourth-order valence-electron chi connectivity index (χ4n) is 6.74. The highest BCUT2D eigenvalue weighted by atomic mass is 79.9. The van der Waals surface area contributed by atoms with Crippen molar-refractivity contribution in [3.63, 3.8) is 0 Å². The van der Waals surface area contributed by atoms with E-state index in [0.717, 1.165) is 31.0 Å². The maximum absolute atomic E-state index is 15.5. The predicted molar refractivity (Wildman–Crippen MR) is 149 cm³/mol. The summed E-state index contributed by atoms with van der Waals surface area (Å²) in [7, 11) is 0. The molecule has 1 aliphatic heterocycles. The zero-order chi connectivity index (χ0) is 29.0. The first-order valence-electron chi connectivity index (χ1n) is 12.7. The lowest BCUT2D eigenvalue weighted by Gasteiger charge is -2.45. The minimum atomic E-state index is -5.01. The standard InChI is InChI=1S/C28H29BrCl3F4NO2/c1-13(2)17-6-4-14(3)8-22(17)37-12-27(28(34,35)36,16-10-19(30)24(32)20(31)11-16)23(26(38)39)25(37)15-5-7-21(33)18(29)9-15/h5,7,9-11,13-14,17,22-23,25H,4,6,8,12H2,1-3H3,(H,38,39)/t14-,17-,22+,23?,25?,27?/m0/s1. The van der Waals surface area contributed by atoms with Crippen LogP contribution in [-0.4, -0.2) is 34.7 Å². The smallest absolute Gasteiger partial charge is 0.400 e. The van der Waals surface area contributed by atoms with Crippen LogP contribution in [0.1, 0.15) is 57.2 Å². The third-order valence-corrected chi connectivity index (χ3v) is 10.4. The molecule has 0 amide bonds. The van der Waals surface area contributed by atoms with E-state index in [2.05, 4.69) is 22.9 Å². The van der Waals surface area contributed by atoms with E-state index in [1.165, 1.54) is 12.1 Å². The van der Waals surface area contributed by atoms with Crippen LogP contribution in [0.3, 0.4) is 0 Å². The summed E-state index contributed by atoms with van der Waals surface area (Å²) < 4.78 is 60.8. The molecule has 0 aromatic heterocycles. The van der Waals surface area contributed by atoms with Crippen LogP contribution in [0.25, 0.3) is 0 Å². The van der Waals surface area contributed by atoms with E-state index in [-0.39, 0.29) is 54.5 Å². The zero-order valence-electron chi connectivity index (χ0n) is 21.5. The van der Waals surface area contributed by atoms with E-state index in [9.17, 15) is 14.3 Å². The molecule has 2 aromatic carbocycles. The Morgan fingerprint density at radius 3 is 2.26 bits per heavy atom. The number of aliphatic carboxylic acids is 1. The summed E-state index contributed by atoms with van der Waals surface area (Å²) in [6.07, 6.45) is -2.64. The summed E-state index contributed by atoms with van der Waals surface area (Å²) >= 11 is 21.6. The number of nitrogens with zero attached hydrogens (tertiary/aromatic N) is 1. The van der Waals surface area contributed by atoms with Gasteiger partial charge in [0.15, 0.2) is 0 Å². The van der Waals surface area contributed by atoms with E-state index in [1.54, 1.807) is 4.90 Å². The number of benzene rings is 2. The van der Waals surface area contributed by atoms with E-state index < -0.39 is 41.9 Å². The average molecular weight is 674 g/mol. The van der Waals surface area contributed by atoms with Crippen molar-refractivity contribution in [1.29, 1.82) is 0 Å². The summed E-state index contributed by atoms with van der Waals surface area (Å²) in [6.45, 7) is 5.52. The summed E-state index contributed by atoms with van der Waals surface area (Å²) in [5, 5.41) is 10.1. The van der Waals surface area contributed by atoms with Gasteiger partial charge in [-0.15, -0.1) is 0 Å². The van der Waals surface area contributed by atoms with Gasteiger partial charge in [0, 0.05) is 18.6 Å². The lowest BCUT2D eigenvalue weighted by molar-refractivity contribution is -0.204. The van der Waals surface area contributed by atoms with E-state index in [4.69, 9.17) is 34.8 Å². The normalized spacial score (nSPS) is 30.2. The third-order valence-electron chi connectivity index (χ3n) is 8.61. The minimum absolute atomic E-state index is 0.0449. The number of carboxylic acid groups (broad SMARTS) is 1. The Morgan fingerprint density at radius 2 is 1.74 bits per heavy atom. The molecule has 3 nitrogen and oxygen atoms in total. The number of hydrogen-bond acceptors (Lipinski definition) is 2. The molecule has 1 N–H and O–H groups in total. The first-order valence-corrected chi connectivity index (χ1v) is 14.7. The third kappa shape index (κ3) is 5.45. The molecular formula is C28H29BrCl3F4NO2. The number of carboxylic acids is 1. The quantitative estimate of drug-likeness (QED) is 0.254. The molecule has 1 aliphatic carbocycles. The van der Waals surface area contributed by atoms with Crippen LogP contribution in [0, 0.1) is 29.5 Å². The van der Waals surface area contributed by atoms with Gasteiger partial charge in [0.1, 0.15) is 11.2 Å². The predicted octanol–water partition coefficient (Wildman–Crippen LogP) is 9.57. The van der Waals surface area contributed by atoms with Gasteiger partial charge >= 0.3 is 12.1 Å². The lowest BCUT2D eigenvalue weighted by Crippen LogP contribution is -2.52. The van der Waals surface area contributed by atoms with Gasteiger partial charge in [-0.3, -0.25) is 9.69 Å². The van der Waals surface area contributed by atoms with Crippen molar-refractivity contribution in [3.8, 4) is 0 Å². The molecule has 11 heteroatoms. The fourth-order valence-corrected chi connectivity index (χ4v) is 7.73. The summed E-state index contributed by atoms with van der Waals surface area (Å²) in [5.74, 6) is -3.75. The number of likely N-dealkylation sites (tertiary alicyclic amines) is 1. The molecule has 0 radical (unpaired) electrons. The monoisotopic (exact) mass is 671 g/mol. The number of carbonyl (C=O) groups is 1. The highest BCUT2D eigenvalue weighted by Crippen LogP contribution is 2.60. The van der Waals surface area contributed by atoms with Crippen molar-refractivity contribution in [2.45, 2.75) is 63.7 Å². The van der Waals surface area contributed by atoms with Gasteiger partial charge in [0.25, 0.3) is 0 Å². The average Bonchev–Trinajstić information content (AvgIpc) is 3.21. The van der Waals surface area contributed by atoms with Crippen molar-refractivity contribution < 1.29 is 27.5 Å². The molecule has 1 heterocycles. The Bertz CT molecular complexity index is 1240. The van der Waals surface area contributed by atoms with Crippen LogP contribution in [0.5, 0.6) is 0 Å². The van der Waals surface area contributed by atoms with Gasteiger partial charge in [-0.05, 0) is 81.9 Å². The maximum Gasteiger partial charge on any atom is 0.400 e. The van der Waals surface area contributed by atoms with Crippen molar-refractivity contribution in [1.82, 2.24) is 4.90 Å². The van der Waals surface area contributed by atoms with Crippen LogP contribution in [0.4, 0.5) is 17.6 Å². The van der Waals surface area contributed by atoms with E-state index >= 15 is 13.2 Å². The van der Waals surface area contributed by atoms with Crippen molar-refractivity contribution in [2.24, 2.45) is 23.7 Å². The molecular weight excluding hydrogens is 645 g/mol. The van der Waals surface area contributed by atoms with Gasteiger partial charge in [-0.2, -0.15) is 13.2 Å². The molecule has 0 bridgehead atoms. The highest BCUT2D eigenvalue weighted by Gasteiger charge is 2.71. The second-order valence-corrected chi connectivity index (χ2v) is 13.3. The maximum atomic E-state index is 15.5. The van der Waals surface area contributed by atoms with Crippen LogP contribution in [0.15, 0.2) is 34.8 Å². The number of halogens is 8. The van der Waals surface area contributed by atoms with Crippen molar-refractivity contribution in [3.05, 3.63) is 66.8 Å². The summed E-state index contributed by atoms with van der Waals surface area (Å²) in [6, 6.07) is 4.52. The largest absolute Gasteiger partial charge is 0.481 e. The number of rotatable bonds is 5. The first-order chi connectivity index (χ1) is 18.1. The minimum Gasteiger partial charge on any atom is -0.481 e. The number of alkyl halides is 3. The molecule has 214 valence electrons.